The van der Waals surface area contributed by atoms with Crippen molar-refractivity contribution in [2.75, 3.05) is 0 Å². The lowest BCUT2D eigenvalue weighted by Gasteiger charge is -2.08. The van der Waals surface area contributed by atoms with E-state index < -0.39 is 10.0 Å². The van der Waals surface area contributed by atoms with Gasteiger partial charge in [-0.15, -0.1) is 0 Å². The van der Waals surface area contributed by atoms with E-state index in [0.29, 0.717) is 5.52 Å². The minimum atomic E-state index is -3.63. The zero-order valence-electron chi connectivity index (χ0n) is 11.1. The second-order valence-electron chi connectivity index (χ2n) is 4.52. The van der Waals surface area contributed by atoms with Gasteiger partial charge < -0.3 is 0 Å². The summed E-state index contributed by atoms with van der Waals surface area (Å²) in [7, 11) is -3.63. The Morgan fingerprint density at radius 2 is 1.81 bits per heavy atom. The van der Waals surface area contributed by atoms with Gasteiger partial charge in [0.25, 0.3) is 0 Å². The van der Waals surface area contributed by atoms with Gasteiger partial charge in [0.1, 0.15) is 4.90 Å². The van der Waals surface area contributed by atoms with Gasteiger partial charge in [-0.3, -0.25) is 9.97 Å². The quantitative estimate of drug-likeness (QED) is 0.801. The third-order valence-corrected chi connectivity index (χ3v) is 4.51. The molecule has 0 atom stereocenters. The Kier molecular flexibility index (Phi) is 3.64. The number of nitrogens with zero attached hydrogens (tertiary/aromatic N) is 2. The van der Waals surface area contributed by atoms with E-state index in [2.05, 4.69) is 14.7 Å². The van der Waals surface area contributed by atoms with E-state index in [1.165, 1.54) is 0 Å². The van der Waals surface area contributed by atoms with Crippen LogP contribution in [-0.2, 0) is 16.6 Å². The molecular formula is C15H13N3O2S. The van der Waals surface area contributed by atoms with Gasteiger partial charge >= 0.3 is 0 Å². The van der Waals surface area contributed by atoms with Crippen LogP contribution in [0.15, 0.2) is 66.0 Å². The fraction of sp³-hybridized carbons (Fsp3) is 0.0667. The summed E-state index contributed by atoms with van der Waals surface area (Å²) in [6, 6.07) is 12.3. The molecular weight excluding hydrogens is 286 g/mol. The molecule has 0 saturated carbocycles. The highest BCUT2D eigenvalue weighted by Crippen LogP contribution is 2.20. The molecule has 0 amide bonds. The number of benzene rings is 1. The normalized spacial score (nSPS) is 11.6. The average molecular weight is 299 g/mol. The van der Waals surface area contributed by atoms with Crippen molar-refractivity contribution in [3.05, 3.63) is 66.6 Å². The van der Waals surface area contributed by atoms with Crippen molar-refractivity contribution in [2.45, 2.75) is 11.4 Å². The van der Waals surface area contributed by atoms with Crippen molar-refractivity contribution in [2.24, 2.45) is 0 Å². The molecule has 106 valence electrons. The molecule has 1 N–H and O–H groups in total. The number of hydrogen-bond acceptors (Lipinski definition) is 4. The minimum Gasteiger partial charge on any atom is -0.264 e. The maximum atomic E-state index is 12.4. The maximum absolute atomic E-state index is 12.4. The molecule has 3 rings (SSSR count). The first-order chi connectivity index (χ1) is 10.2. The van der Waals surface area contributed by atoms with E-state index in [1.807, 2.05) is 18.2 Å². The minimum absolute atomic E-state index is 0.185. The van der Waals surface area contributed by atoms with E-state index in [9.17, 15) is 8.42 Å². The third kappa shape index (κ3) is 2.91. The Balaban J connectivity index is 1.94. The number of rotatable bonds is 4. The first-order valence-corrected chi connectivity index (χ1v) is 7.87. The van der Waals surface area contributed by atoms with Gasteiger partial charge in [0.15, 0.2) is 0 Å². The van der Waals surface area contributed by atoms with E-state index in [0.717, 1.165) is 10.9 Å². The van der Waals surface area contributed by atoms with Crippen LogP contribution in [0.2, 0.25) is 0 Å². The van der Waals surface area contributed by atoms with E-state index in [4.69, 9.17) is 0 Å². The topological polar surface area (TPSA) is 72.0 Å². The van der Waals surface area contributed by atoms with Gasteiger partial charge in [0, 0.05) is 30.5 Å². The summed E-state index contributed by atoms with van der Waals surface area (Å²) in [5.41, 5.74) is 1.27. The lowest BCUT2D eigenvalue weighted by Crippen LogP contribution is -2.23. The molecule has 0 fully saturated rings. The lowest BCUT2D eigenvalue weighted by atomic mass is 10.2. The monoisotopic (exact) mass is 299 g/mol. The molecule has 2 aromatic heterocycles. The summed E-state index contributed by atoms with van der Waals surface area (Å²) in [6.45, 7) is 0.194. The molecule has 3 aromatic rings. The fourth-order valence-corrected chi connectivity index (χ4v) is 3.25. The Labute approximate surface area is 122 Å². The van der Waals surface area contributed by atoms with Crippen LogP contribution in [0, 0.1) is 0 Å². The van der Waals surface area contributed by atoms with Crippen molar-refractivity contribution in [1.29, 1.82) is 0 Å². The predicted molar refractivity (Wildman–Crippen MR) is 80.0 cm³/mol. The smallest absolute Gasteiger partial charge is 0.243 e. The largest absolute Gasteiger partial charge is 0.264 e. The highest BCUT2D eigenvalue weighted by molar-refractivity contribution is 7.89. The lowest BCUT2D eigenvalue weighted by molar-refractivity contribution is 0.582. The Morgan fingerprint density at radius 1 is 1.00 bits per heavy atom. The molecule has 0 radical (unpaired) electrons. The summed E-state index contributed by atoms with van der Waals surface area (Å²) in [6.07, 6.45) is 4.86. The van der Waals surface area contributed by atoms with Crippen molar-refractivity contribution < 1.29 is 8.42 Å². The number of pyridine rings is 2. The molecule has 0 saturated heterocycles. The molecule has 0 bridgehead atoms. The first-order valence-electron chi connectivity index (χ1n) is 6.39. The summed E-state index contributed by atoms with van der Waals surface area (Å²) < 4.78 is 27.5. The van der Waals surface area contributed by atoms with Gasteiger partial charge in [0.2, 0.25) is 10.0 Å². The summed E-state index contributed by atoms with van der Waals surface area (Å²) in [4.78, 5) is 8.32. The van der Waals surface area contributed by atoms with Gasteiger partial charge in [-0.05, 0) is 23.8 Å². The summed E-state index contributed by atoms with van der Waals surface area (Å²) in [5, 5.41) is 0.793. The number of para-hydroxylation sites is 1. The molecule has 6 heteroatoms. The number of fused-ring (bicyclic) bond motifs is 1. The first kappa shape index (κ1) is 13.7. The van der Waals surface area contributed by atoms with Crippen molar-refractivity contribution in [3.8, 4) is 0 Å². The van der Waals surface area contributed by atoms with Crippen molar-refractivity contribution in [1.82, 2.24) is 14.7 Å². The van der Waals surface area contributed by atoms with Crippen LogP contribution >= 0.6 is 0 Å². The molecule has 5 nitrogen and oxygen atoms in total. The van der Waals surface area contributed by atoms with Crippen LogP contribution in [-0.4, -0.2) is 18.4 Å². The van der Waals surface area contributed by atoms with Crippen LogP contribution < -0.4 is 4.72 Å². The third-order valence-electron chi connectivity index (χ3n) is 3.07. The van der Waals surface area contributed by atoms with E-state index >= 15 is 0 Å². The van der Waals surface area contributed by atoms with Crippen LogP contribution in [0.25, 0.3) is 10.9 Å². The Hall–Kier alpha value is -2.31. The number of sulfonamides is 1. The van der Waals surface area contributed by atoms with Crippen LogP contribution in [0.1, 0.15) is 5.56 Å². The number of aromatic nitrogens is 2. The van der Waals surface area contributed by atoms with Crippen LogP contribution in [0.3, 0.4) is 0 Å². The van der Waals surface area contributed by atoms with Gasteiger partial charge in [0.05, 0.1) is 5.52 Å². The average Bonchev–Trinajstić information content (AvgIpc) is 2.53. The fourth-order valence-electron chi connectivity index (χ4n) is 2.05. The molecule has 0 unspecified atom stereocenters. The zero-order chi connectivity index (χ0) is 14.7. The van der Waals surface area contributed by atoms with Gasteiger partial charge in [-0.25, -0.2) is 13.1 Å². The van der Waals surface area contributed by atoms with E-state index in [-0.39, 0.29) is 11.4 Å². The Bertz CT molecular complexity index is 859. The van der Waals surface area contributed by atoms with Gasteiger partial charge in [-0.1, -0.05) is 24.3 Å². The number of hydrogen-bond donors (Lipinski definition) is 1. The second kappa shape index (κ2) is 5.59. The zero-order valence-corrected chi connectivity index (χ0v) is 11.9. The van der Waals surface area contributed by atoms with Crippen LogP contribution in [0.4, 0.5) is 0 Å². The number of nitrogens with one attached hydrogen (secondary N) is 1. The molecule has 0 aliphatic carbocycles. The molecule has 0 aliphatic heterocycles. The molecule has 0 aliphatic rings. The maximum Gasteiger partial charge on any atom is 0.243 e. The van der Waals surface area contributed by atoms with Crippen LogP contribution in [0.5, 0.6) is 0 Å². The van der Waals surface area contributed by atoms with Crippen molar-refractivity contribution in [3.63, 3.8) is 0 Å². The predicted octanol–water partition coefficient (Wildman–Crippen LogP) is 2.11. The highest BCUT2D eigenvalue weighted by Gasteiger charge is 2.17. The summed E-state index contributed by atoms with van der Waals surface area (Å²) >= 11 is 0. The molecule has 21 heavy (non-hydrogen) atoms. The van der Waals surface area contributed by atoms with Crippen molar-refractivity contribution >= 4 is 20.9 Å². The van der Waals surface area contributed by atoms with E-state index in [1.54, 1.807) is 42.9 Å². The highest BCUT2D eigenvalue weighted by atomic mass is 32.2. The standard InChI is InChI=1S/C15H13N3O2S/c19-21(20,18-11-12-4-2-8-16-10-12)14-7-1-5-13-6-3-9-17-15(13)14/h1-10,18H,11H2. The van der Waals surface area contributed by atoms with Gasteiger partial charge in [-0.2, -0.15) is 0 Å². The summed E-state index contributed by atoms with van der Waals surface area (Å²) in [5.74, 6) is 0. The SMILES string of the molecule is O=S(=O)(NCc1cccnc1)c1cccc2cccnc12. The Morgan fingerprint density at radius 3 is 2.62 bits per heavy atom. The molecule has 2 heterocycles. The molecule has 1 aromatic carbocycles. The molecule has 0 spiro atoms. The second-order valence-corrected chi connectivity index (χ2v) is 6.25.